The number of hydrogen-bond donors (Lipinski definition) is 2. The number of nitrogens with one attached hydrogen (secondary N) is 1. The minimum atomic E-state index is -0.126. The zero-order chi connectivity index (χ0) is 20.3. The Bertz CT molecular complexity index is 961. The van der Waals surface area contributed by atoms with Crippen LogP contribution in [0.2, 0.25) is 0 Å². The summed E-state index contributed by atoms with van der Waals surface area (Å²) in [6.45, 7) is 8.74. The lowest BCUT2D eigenvalue weighted by Crippen LogP contribution is -2.17. The van der Waals surface area contributed by atoms with Gasteiger partial charge in [0.2, 0.25) is 0 Å². The highest BCUT2D eigenvalue weighted by Gasteiger charge is 2.21. The Hall–Kier alpha value is -2.50. The lowest BCUT2D eigenvalue weighted by atomic mass is 9.92. The van der Waals surface area contributed by atoms with Crippen LogP contribution in [0.5, 0.6) is 0 Å². The monoisotopic (exact) mass is 393 g/mol. The Morgan fingerprint density at radius 2 is 1.89 bits per heavy atom. The fraction of sp³-hybridized carbons (Fsp3) is 0.304. The maximum Gasteiger partial charge on any atom is 0.256 e. The van der Waals surface area contributed by atoms with Gasteiger partial charge in [0.15, 0.2) is 0 Å². The van der Waals surface area contributed by atoms with E-state index in [4.69, 9.17) is 10.7 Å². The van der Waals surface area contributed by atoms with Crippen molar-refractivity contribution in [1.82, 2.24) is 4.98 Å². The van der Waals surface area contributed by atoms with Gasteiger partial charge >= 0.3 is 0 Å². The van der Waals surface area contributed by atoms with Gasteiger partial charge in [-0.15, -0.1) is 0 Å². The van der Waals surface area contributed by atoms with Crippen molar-refractivity contribution in [1.29, 1.82) is 0 Å². The molecule has 3 rings (SSSR count). The van der Waals surface area contributed by atoms with E-state index in [0.29, 0.717) is 18.0 Å². The Kier molecular flexibility index (Phi) is 6.27. The van der Waals surface area contributed by atoms with Crippen molar-refractivity contribution < 1.29 is 4.79 Å². The molecule has 0 atom stereocenters. The standard InChI is InChI=1S/C23H27N3OS/c1-14(2)11-20-19(12-24)21(17-7-5-15(3)6-8-17)22(16(4)25-20)26-23(27)18-9-10-28-13-18/h5-10,13-14H,11-12,24H2,1-4H3,(H,26,27). The van der Waals surface area contributed by atoms with Gasteiger partial charge < -0.3 is 11.1 Å². The number of carbonyl (C=O) groups is 1. The molecule has 2 aromatic heterocycles. The number of hydrogen-bond acceptors (Lipinski definition) is 4. The van der Waals surface area contributed by atoms with E-state index in [2.05, 4.69) is 50.4 Å². The van der Waals surface area contributed by atoms with Gasteiger partial charge in [0.05, 0.1) is 16.9 Å². The molecule has 1 aromatic carbocycles. The first-order chi connectivity index (χ1) is 13.4. The normalized spacial score (nSPS) is 11.1. The maximum absolute atomic E-state index is 12.8. The van der Waals surface area contributed by atoms with Crippen LogP contribution < -0.4 is 11.1 Å². The molecule has 0 saturated heterocycles. The largest absolute Gasteiger partial charge is 0.326 e. The summed E-state index contributed by atoms with van der Waals surface area (Å²) in [6, 6.07) is 10.2. The molecule has 0 saturated carbocycles. The van der Waals surface area contributed by atoms with Crippen LogP contribution in [0.15, 0.2) is 41.1 Å². The Morgan fingerprint density at radius 1 is 1.18 bits per heavy atom. The summed E-state index contributed by atoms with van der Waals surface area (Å²) in [5, 5.41) is 6.85. The van der Waals surface area contributed by atoms with Gasteiger partial charge in [0, 0.05) is 23.2 Å². The zero-order valence-corrected chi connectivity index (χ0v) is 17.7. The Morgan fingerprint density at radius 3 is 2.46 bits per heavy atom. The van der Waals surface area contributed by atoms with Gasteiger partial charge in [-0.25, -0.2) is 0 Å². The van der Waals surface area contributed by atoms with Crippen LogP contribution in [0.25, 0.3) is 11.1 Å². The predicted molar refractivity (Wildman–Crippen MR) is 118 cm³/mol. The second-order valence-corrected chi connectivity index (χ2v) is 8.29. The third-order valence-electron chi connectivity index (χ3n) is 4.73. The SMILES string of the molecule is Cc1ccc(-c2c(CN)c(CC(C)C)nc(C)c2NC(=O)c2ccsc2)cc1. The number of nitrogens with zero attached hydrogens (tertiary/aromatic N) is 1. The van der Waals surface area contributed by atoms with Crippen LogP contribution in [0.3, 0.4) is 0 Å². The molecule has 1 amide bonds. The highest BCUT2D eigenvalue weighted by Crippen LogP contribution is 2.36. The van der Waals surface area contributed by atoms with E-state index >= 15 is 0 Å². The maximum atomic E-state index is 12.8. The second-order valence-electron chi connectivity index (χ2n) is 7.51. The van der Waals surface area contributed by atoms with Gasteiger partial charge in [-0.05, 0) is 48.8 Å². The number of aromatic nitrogens is 1. The van der Waals surface area contributed by atoms with E-state index in [1.165, 1.54) is 16.9 Å². The van der Waals surface area contributed by atoms with E-state index in [0.717, 1.165) is 40.2 Å². The minimum Gasteiger partial charge on any atom is -0.326 e. The number of benzene rings is 1. The van der Waals surface area contributed by atoms with Crippen LogP contribution in [0.1, 0.15) is 46.7 Å². The van der Waals surface area contributed by atoms with E-state index in [1.807, 2.05) is 23.8 Å². The average molecular weight is 394 g/mol. The Labute approximate surface area is 170 Å². The molecule has 0 unspecified atom stereocenters. The van der Waals surface area contributed by atoms with Crippen LogP contribution >= 0.6 is 11.3 Å². The second kappa shape index (κ2) is 8.67. The number of thiophene rings is 1. The summed E-state index contributed by atoms with van der Waals surface area (Å²) in [4.78, 5) is 17.6. The van der Waals surface area contributed by atoms with Crippen molar-refractivity contribution in [3.8, 4) is 11.1 Å². The lowest BCUT2D eigenvalue weighted by Gasteiger charge is -2.21. The summed E-state index contributed by atoms with van der Waals surface area (Å²) < 4.78 is 0. The average Bonchev–Trinajstić information content (AvgIpc) is 3.18. The molecule has 0 bridgehead atoms. The van der Waals surface area contributed by atoms with Gasteiger partial charge in [-0.2, -0.15) is 11.3 Å². The first kappa shape index (κ1) is 20.2. The van der Waals surface area contributed by atoms with Crippen molar-refractivity contribution in [3.63, 3.8) is 0 Å². The van der Waals surface area contributed by atoms with E-state index in [1.54, 1.807) is 0 Å². The van der Waals surface area contributed by atoms with Crippen LogP contribution in [-0.2, 0) is 13.0 Å². The summed E-state index contributed by atoms with van der Waals surface area (Å²) in [7, 11) is 0. The van der Waals surface area contributed by atoms with E-state index < -0.39 is 0 Å². The summed E-state index contributed by atoms with van der Waals surface area (Å²) in [5.41, 5.74) is 13.6. The Balaban J connectivity index is 2.19. The molecule has 28 heavy (non-hydrogen) atoms. The number of rotatable bonds is 6. The van der Waals surface area contributed by atoms with Gasteiger partial charge in [0.25, 0.3) is 5.91 Å². The summed E-state index contributed by atoms with van der Waals surface area (Å²) in [6.07, 6.45) is 0.852. The van der Waals surface area contributed by atoms with Gasteiger partial charge in [-0.1, -0.05) is 43.7 Å². The van der Waals surface area contributed by atoms with Gasteiger partial charge in [0.1, 0.15) is 0 Å². The molecule has 0 aliphatic heterocycles. The molecule has 146 valence electrons. The van der Waals surface area contributed by atoms with E-state index in [-0.39, 0.29) is 5.91 Å². The first-order valence-corrected chi connectivity index (χ1v) is 10.5. The number of nitrogens with two attached hydrogens (primary N) is 1. The molecule has 0 spiro atoms. The summed E-state index contributed by atoms with van der Waals surface area (Å²) in [5.74, 6) is 0.341. The molecular weight excluding hydrogens is 366 g/mol. The fourth-order valence-corrected chi connectivity index (χ4v) is 3.98. The van der Waals surface area contributed by atoms with Crippen LogP contribution in [-0.4, -0.2) is 10.9 Å². The zero-order valence-electron chi connectivity index (χ0n) is 16.9. The third kappa shape index (κ3) is 4.32. The minimum absolute atomic E-state index is 0.126. The summed E-state index contributed by atoms with van der Waals surface area (Å²) >= 11 is 1.51. The molecule has 0 aliphatic carbocycles. The molecule has 0 fully saturated rings. The third-order valence-corrected chi connectivity index (χ3v) is 5.42. The predicted octanol–water partition coefficient (Wildman–Crippen LogP) is 5.34. The quantitative estimate of drug-likeness (QED) is 0.594. The highest BCUT2D eigenvalue weighted by atomic mass is 32.1. The number of pyridine rings is 1. The van der Waals surface area contributed by atoms with Crippen molar-refractivity contribution in [2.75, 3.05) is 5.32 Å². The molecule has 3 N–H and O–H groups in total. The smallest absolute Gasteiger partial charge is 0.256 e. The van der Waals surface area contributed by atoms with Crippen molar-refractivity contribution in [2.24, 2.45) is 11.7 Å². The first-order valence-electron chi connectivity index (χ1n) is 9.53. The van der Waals surface area contributed by atoms with Crippen LogP contribution in [0.4, 0.5) is 5.69 Å². The molecule has 4 nitrogen and oxygen atoms in total. The molecule has 5 heteroatoms. The number of aryl methyl sites for hydroxylation is 2. The lowest BCUT2D eigenvalue weighted by molar-refractivity contribution is 0.102. The molecule has 3 aromatic rings. The number of carbonyl (C=O) groups excluding carboxylic acids is 1. The van der Waals surface area contributed by atoms with E-state index in [9.17, 15) is 4.79 Å². The van der Waals surface area contributed by atoms with Crippen molar-refractivity contribution >= 4 is 22.9 Å². The fourth-order valence-electron chi connectivity index (χ4n) is 3.35. The molecule has 2 heterocycles. The van der Waals surface area contributed by atoms with Crippen molar-refractivity contribution in [3.05, 3.63) is 69.2 Å². The number of amides is 1. The molecule has 0 radical (unpaired) electrons. The van der Waals surface area contributed by atoms with Crippen LogP contribution in [0, 0.1) is 19.8 Å². The highest BCUT2D eigenvalue weighted by molar-refractivity contribution is 7.08. The van der Waals surface area contributed by atoms with Gasteiger partial charge in [-0.3, -0.25) is 9.78 Å². The molecular formula is C23H27N3OS. The topological polar surface area (TPSA) is 68.0 Å². The van der Waals surface area contributed by atoms with Crippen molar-refractivity contribution in [2.45, 2.75) is 40.7 Å². The number of anilines is 1. The molecule has 0 aliphatic rings.